The molecule has 2 aromatic heterocycles. The molecule has 1 aromatic carbocycles. The van der Waals surface area contributed by atoms with Crippen molar-refractivity contribution in [3.8, 4) is 0 Å². The molecule has 30 heavy (non-hydrogen) atoms. The molecule has 0 spiro atoms. The maximum absolute atomic E-state index is 13.1. The zero-order valence-corrected chi connectivity index (χ0v) is 16.2. The van der Waals surface area contributed by atoms with Crippen molar-refractivity contribution in [3.05, 3.63) is 59.8 Å². The van der Waals surface area contributed by atoms with Gasteiger partial charge in [-0.1, -0.05) is 18.2 Å². The lowest BCUT2D eigenvalue weighted by atomic mass is 10.1. The zero-order valence-electron chi connectivity index (χ0n) is 16.2. The van der Waals surface area contributed by atoms with E-state index >= 15 is 0 Å². The average molecular weight is 418 g/mol. The van der Waals surface area contributed by atoms with Crippen LogP contribution in [0.1, 0.15) is 11.1 Å². The maximum atomic E-state index is 13.1. The zero-order chi connectivity index (χ0) is 21.1. The van der Waals surface area contributed by atoms with Gasteiger partial charge in [-0.25, -0.2) is 4.98 Å². The highest BCUT2D eigenvalue weighted by Crippen LogP contribution is 2.31. The van der Waals surface area contributed by atoms with Gasteiger partial charge >= 0.3 is 6.18 Å². The molecule has 1 amide bonds. The van der Waals surface area contributed by atoms with Gasteiger partial charge in [0.2, 0.25) is 5.91 Å². The van der Waals surface area contributed by atoms with Crippen molar-refractivity contribution in [3.63, 3.8) is 0 Å². The van der Waals surface area contributed by atoms with Crippen molar-refractivity contribution in [2.75, 3.05) is 31.2 Å². The third-order valence-corrected chi connectivity index (χ3v) is 5.04. The number of anilines is 1. The Hall–Kier alpha value is -3.07. The first-order valence-electron chi connectivity index (χ1n) is 9.62. The van der Waals surface area contributed by atoms with Crippen LogP contribution in [0.4, 0.5) is 19.0 Å². The summed E-state index contributed by atoms with van der Waals surface area (Å²) in [6.07, 6.45) is -2.71. The third kappa shape index (κ3) is 4.40. The second kappa shape index (κ2) is 8.35. The summed E-state index contributed by atoms with van der Waals surface area (Å²) < 4.78 is 46.4. The molecule has 6 nitrogen and oxygen atoms in total. The van der Waals surface area contributed by atoms with Gasteiger partial charge in [-0.05, 0) is 29.8 Å². The highest BCUT2D eigenvalue weighted by Gasteiger charge is 2.32. The van der Waals surface area contributed by atoms with Crippen LogP contribution in [0.5, 0.6) is 0 Å². The van der Waals surface area contributed by atoms with Crippen LogP contribution in [0, 0.1) is 0 Å². The molecule has 0 saturated carbocycles. The number of morpholine rings is 1. The second-order valence-electron chi connectivity index (χ2n) is 7.06. The van der Waals surface area contributed by atoms with Gasteiger partial charge < -0.3 is 19.5 Å². The van der Waals surface area contributed by atoms with Gasteiger partial charge in [0, 0.05) is 31.2 Å². The quantitative estimate of drug-likeness (QED) is 0.691. The predicted molar refractivity (Wildman–Crippen MR) is 106 cm³/mol. The van der Waals surface area contributed by atoms with Gasteiger partial charge in [0.05, 0.1) is 18.8 Å². The van der Waals surface area contributed by atoms with Crippen molar-refractivity contribution in [1.29, 1.82) is 0 Å². The number of aromatic nitrogens is 2. The fourth-order valence-corrected chi connectivity index (χ4v) is 3.50. The lowest BCUT2D eigenvalue weighted by Gasteiger charge is -2.27. The fraction of sp³-hybridized carbons (Fsp3) is 0.333. The molecular weight excluding hydrogens is 397 g/mol. The van der Waals surface area contributed by atoms with Gasteiger partial charge in [0.1, 0.15) is 18.0 Å². The van der Waals surface area contributed by atoms with E-state index in [0.717, 1.165) is 30.4 Å². The Morgan fingerprint density at radius 3 is 2.63 bits per heavy atom. The van der Waals surface area contributed by atoms with Crippen LogP contribution < -0.4 is 10.2 Å². The van der Waals surface area contributed by atoms with Crippen LogP contribution >= 0.6 is 0 Å². The number of ether oxygens (including phenoxy) is 1. The van der Waals surface area contributed by atoms with Gasteiger partial charge in [0.25, 0.3) is 0 Å². The van der Waals surface area contributed by atoms with Crippen LogP contribution in [0.2, 0.25) is 0 Å². The molecule has 1 fully saturated rings. The molecule has 1 aliphatic rings. The van der Waals surface area contributed by atoms with E-state index in [-0.39, 0.29) is 24.6 Å². The number of amides is 1. The number of pyridine rings is 1. The summed E-state index contributed by atoms with van der Waals surface area (Å²) in [5.41, 5.74) is -0.0539. The van der Waals surface area contributed by atoms with Crippen LogP contribution in [0.15, 0.2) is 48.7 Å². The van der Waals surface area contributed by atoms with Crippen LogP contribution in [-0.2, 0) is 28.8 Å². The summed E-state index contributed by atoms with van der Waals surface area (Å²) in [6, 6.07) is 11.0. The summed E-state index contributed by atoms with van der Waals surface area (Å²) in [5.74, 6) is 0.424. The summed E-state index contributed by atoms with van der Waals surface area (Å²) in [5, 5.41) is 3.47. The largest absolute Gasteiger partial charge is 0.416 e. The molecule has 1 N–H and O–H groups in total. The highest BCUT2D eigenvalue weighted by molar-refractivity contribution is 5.82. The Balaban J connectivity index is 1.46. The van der Waals surface area contributed by atoms with Crippen LogP contribution in [-0.4, -0.2) is 41.8 Å². The van der Waals surface area contributed by atoms with Crippen LogP contribution in [0.3, 0.4) is 0 Å². The number of nitrogens with zero attached hydrogens (tertiary/aromatic N) is 3. The molecular formula is C21H21F3N4O2. The Kier molecular flexibility index (Phi) is 5.63. The van der Waals surface area contributed by atoms with Gasteiger partial charge in [0.15, 0.2) is 0 Å². The van der Waals surface area contributed by atoms with Crippen molar-refractivity contribution in [2.45, 2.75) is 19.3 Å². The van der Waals surface area contributed by atoms with Gasteiger partial charge in [-0.2, -0.15) is 13.2 Å². The Bertz CT molecular complexity index is 1040. The number of halogens is 3. The summed E-state index contributed by atoms with van der Waals surface area (Å²) >= 11 is 0. The fourth-order valence-electron chi connectivity index (χ4n) is 3.50. The van der Waals surface area contributed by atoms with E-state index < -0.39 is 11.7 Å². The summed E-state index contributed by atoms with van der Waals surface area (Å²) in [7, 11) is 0. The summed E-state index contributed by atoms with van der Waals surface area (Å²) in [6.45, 7) is 2.55. The summed E-state index contributed by atoms with van der Waals surface area (Å²) in [4.78, 5) is 19.2. The Morgan fingerprint density at radius 2 is 1.87 bits per heavy atom. The monoisotopic (exact) mass is 418 g/mol. The molecule has 0 unspecified atom stereocenters. The van der Waals surface area contributed by atoms with Crippen molar-refractivity contribution < 1.29 is 22.7 Å². The van der Waals surface area contributed by atoms with E-state index in [1.807, 2.05) is 18.2 Å². The molecule has 3 aromatic rings. The predicted octanol–water partition coefficient (Wildman–Crippen LogP) is 3.21. The molecule has 3 heterocycles. The topological polar surface area (TPSA) is 59.4 Å². The second-order valence-corrected chi connectivity index (χ2v) is 7.06. The van der Waals surface area contributed by atoms with E-state index in [9.17, 15) is 18.0 Å². The molecule has 1 aliphatic heterocycles. The number of hydrogen-bond acceptors (Lipinski definition) is 4. The average Bonchev–Trinajstić information content (AvgIpc) is 3.14. The number of hydrogen-bond donors (Lipinski definition) is 1. The minimum Gasteiger partial charge on any atom is -0.378 e. The standard InChI is InChI=1S/C21H21F3N4O2/c22-21(23,24)17-4-2-1-3-16(17)13-25-19(29)14-28-8-7-15-5-6-18(26-20(15)28)27-9-11-30-12-10-27/h1-8H,9-14H2,(H,25,29). The molecule has 0 bridgehead atoms. The van der Waals surface area contributed by atoms with E-state index in [1.54, 1.807) is 10.8 Å². The first-order valence-corrected chi connectivity index (χ1v) is 9.62. The van der Waals surface area contributed by atoms with E-state index in [2.05, 4.69) is 15.2 Å². The Morgan fingerprint density at radius 1 is 1.10 bits per heavy atom. The minimum atomic E-state index is -4.46. The lowest BCUT2D eigenvalue weighted by molar-refractivity contribution is -0.138. The van der Waals surface area contributed by atoms with Crippen molar-refractivity contribution in [2.24, 2.45) is 0 Å². The minimum absolute atomic E-state index is 0.0305. The molecule has 158 valence electrons. The maximum Gasteiger partial charge on any atom is 0.416 e. The number of rotatable bonds is 5. The molecule has 1 saturated heterocycles. The van der Waals surface area contributed by atoms with E-state index in [1.165, 1.54) is 18.2 Å². The Labute approximate surface area is 171 Å². The molecule has 0 aliphatic carbocycles. The third-order valence-electron chi connectivity index (χ3n) is 5.04. The van der Waals surface area contributed by atoms with Crippen LogP contribution in [0.25, 0.3) is 11.0 Å². The highest BCUT2D eigenvalue weighted by atomic mass is 19.4. The van der Waals surface area contributed by atoms with E-state index in [4.69, 9.17) is 4.74 Å². The number of alkyl halides is 3. The molecule has 4 rings (SSSR count). The molecule has 0 radical (unpaired) electrons. The number of fused-ring (bicyclic) bond motifs is 1. The van der Waals surface area contributed by atoms with Crippen molar-refractivity contribution >= 4 is 22.8 Å². The molecule has 9 heteroatoms. The number of benzene rings is 1. The number of nitrogens with one attached hydrogen (secondary N) is 1. The van der Waals surface area contributed by atoms with Crippen molar-refractivity contribution in [1.82, 2.24) is 14.9 Å². The SMILES string of the molecule is O=C(Cn1ccc2ccc(N3CCOCC3)nc21)NCc1ccccc1C(F)(F)F. The first kappa shape index (κ1) is 20.2. The van der Waals surface area contributed by atoms with E-state index in [0.29, 0.717) is 18.9 Å². The number of carbonyl (C=O) groups is 1. The van der Waals surface area contributed by atoms with Gasteiger partial charge in [-0.15, -0.1) is 0 Å². The first-order chi connectivity index (χ1) is 14.4. The number of carbonyl (C=O) groups excluding carboxylic acids is 1. The smallest absolute Gasteiger partial charge is 0.378 e. The molecule has 0 atom stereocenters. The lowest BCUT2D eigenvalue weighted by Crippen LogP contribution is -2.36. The van der Waals surface area contributed by atoms with Gasteiger partial charge in [-0.3, -0.25) is 4.79 Å². The normalized spacial score (nSPS) is 14.8.